The van der Waals surface area contributed by atoms with E-state index in [4.69, 9.17) is 0 Å². The van der Waals surface area contributed by atoms with Crippen molar-refractivity contribution in [2.45, 2.75) is 31.8 Å². The van der Waals surface area contributed by atoms with Crippen LogP contribution >= 0.6 is 11.3 Å². The number of pyridine rings is 1. The van der Waals surface area contributed by atoms with Gasteiger partial charge >= 0.3 is 0 Å². The van der Waals surface area contributed by atoms with Crippen molar-refractivity contribution in [1.29, 1.82) is 0 Å². The van der Waals surface area contributed by atoms with E-state index < -0.39 is 0 Å². The van der Waals surface area contributed by atoms with Gasteiger partial charge in [0, 0.05) is 41.1 Å². The Morgan fingerprint density at radius 1 is 1.52 bits per heavy atom. The summed E-state index contributed by atoms with van der Waals surface area (Å²) < 4.78 is 1.12. The van der Waals surface area contributed by atoms with E-state index in [1.165, 1.54) is 19.4 Å². The van der Waals surface area contributed by atoms with Crippen molar-refractivity contribution < 1.29 is 4.79 Å². The predicted octanol–water partition coefficient (Wildman–Crippen LogP) is 2.51. The molecule has 0 aliphatic carbocycles. The van der Waals surface area contributed by atoms with Crippen LogP contribution in [0.4, 0.5) is 0 Å². The summed E-state index contributed by atoms with van der Waals surface area (Å²) in [5.41, 5.74) is 0. The number of nitrogens with zero attached hydrogens (tertiary/aromatic N) is 2. The van der Waals surface area contributed by atoms with Crippen molar-refractivity contribution in [1.82, 2.24) is 15.2 Å². The summed E-state index contributed by atoms with van der Waals surface area (Å²) >= 11 is 1.55. The van der Waals surface area contributed by atoms with Crippen LogP contribution in [-0.4, -0.2) is 41.0 Å². The van der Waals surface area contributed by atoms with Gasteiger partial charge in [0.2, 0.25) is 0 Å². The lowest BCUT2D eigenvalue weighted by Gasteiger charge is -2.48. The van der Waals surface area contributed by atoms with Gasteiger partial charge in [-0.2, -0.15) is 0 Å². The van der Waals surface area contributed by atoms with Crippen LogP contribution in [0.5, 0.6) is 0 Å². The molecule has 3 fully saturated rings. The third-order valence-electron chi connectivity index (χ3n) is 4.91. The van der Waals surface area contributed by atoms with Crippen molar-refractivity contribution >= 4 is 27.3 Å². The number of fused-ring (bicyclic) bond motifs is 4. The van der Waals surface area contributed by atoms with Crippen LogP contribution in [-0.2, 0) is 0 Å². The van der Waals surface area contributed by atoms with Crippen LogP contribution in [0.25, 0.3) is 10.1 Å². The summed E-state index contributed by atoms with van der Waals surface area (Å²) in [7, 11) is 0. The van der Waals surface area contributed by atoms with Crippen LogP contribution in [0.15, 0.2) is 24.5 Å². The van der Waals surface area contributed by atoms with E-state index in [1.54, 1.807) is 17.5 Å². The van der Waals surface area contributed by atoms with Gasteiger partial charge in [-0.05, 0) is 44.4 Å². The Hall–Kier alpha value is -1.46. The van der Waals surface area contributed by atoms with Crippen molar-refractivity contribution in [3.8, 4) is 0 Å². The Bertz CT molecular complexity index is 650. The maximum atomic E-state index is 12.5. The molecule has 4 atom stereocenters. The van der Waals surface area contributed by atoms with E-state index in [-0.39, 0.29) is 5.91 Å². The summed E-state index contributed by atoms with van der Waals surface area (Å²) in [6.07, 6.45) is 6.01. The molecule has 5 heterocycles. The SMILES string of the molecule is CC1CC2CCN1CC2NC(=O)c1cc2cnccc2s1. The average Bonchev–Trinajstić information content (AvgIpc) is 2.92. The first-order valence-corrected chi connectivity index (χ1v) is 8.41. The van der Waals surface area contributed by atoms with E-state index in [0.717, 1.165) is 21.5 Å². The van der Waals surface area contributed by atoms with Crippen molar-refractivity contribution in [2.75, 3.05) is 13.1 Å². The third kappa shape index (κ3) is 2.34. The maximum Gasteiger partial charge on any atom is 0.261 e. The molecule has 1 amide bonds. The van der Waals surface area contributed by atoms with Gasteiger partial charge in [0.15, 0.2) is 0 Å². The number of amides is 1. The molecule has 2 bridgehead atoms. The summed E-state index contributed by atoms with van der Waals surface area (Å²) in [5, 5.41) is 4.31. The molecule has 4 nitrogen and oxygen atoms in total. The fraction of sp³-hybridized carbons (Fsp3) is 0.500. The predicted molar refractivity (Wildman–Crippen MR) is 84.6 cm³/mol. The number of piperidine rings is 3. The molecule has 2 aromatic heterocycles. The summed E-state index contributed by atoms with van der Waals surface area (Å²) in [6, 6.07) is 4.90. The van der Waals surface area contributed by atoms with Crippen LogP contribution in [0, 0.1) is 5.92 Å². The standard InChI is InChI=1S/C16H19N3OS/c1-10-6-11-3-5-19(10)9-13(11)18-16(20)15-7-12-8-17-4-2-14(12)21-15/h2,4,7-8,10-11,13H,3,5-6,9H2,1H3,(H,18,20). The molecular formula is C16H19N3OS. The summed E-state index contributed by atoms with van der Waals surface area (Å²) in [6.45, 7) is 4.49. The zero-order valence-electron chi connectivity index (χ0n) is 12.1. The Kier molecular flexibility index (Phi) is 3.19. The number of carbonyl (C=O) groups is 1. The fourth-order valence-corrected chi connectivity index (χ4v) is 4.63. The third-order valence-corrected chi connectivity index (χ3v) is 6.03. The van der Waals surface area contributed by atoms with E-state index in [0.29, 0.717) is 18.0 Å². The first kappa shape index (κ1) is 13.2. The first-order valence-electron chi connectivity index (χ1n) is 7.59. The van der Waals surface area contributed by atoms with Gasteiger partial charge in [0.05, 0.1) is 4.88 Å². The van der Waals surface area contributed by atoms with E-state index in [1.807, 2.05) is 18.3 Å². The van der Waals surface area contributed by atoms with Crippen LogP contribution in [0.2, 0.25) is 0 Å². The minimum Gasteiger partial charge on any atom is -0.347 e. The molecule has 110 valence electrons. The molecule has 5 heteroatoms. The first-order chi connectivity index (χ1) is 10.2. The molecule has 0 spiro atoms. The second-order valence-corrected chi connectivity index (χ2v) is 7.32. The van der Waals surface area contributed by atoms with Gasteiger partial charge in [0.25, 0.3) is 5.91 Å². The normalized spacial score (nSPS) is 31.5. The molecule has 0 aromatic carbocycles. The van der Waals surface area contributed by atoms with Crippen molar-refractivity contribution in [3.63, 3.8) is 0 Å². The highest BCUT2D eigenvalue weighted by Gasteiger charge is 2.38. The van der Waals surface area contributed by atoms with Crippen molar-refractivity contribution in [2.24, 2.45) is 5.92 Å². The highest BCUT2D eigenvalue weighted by atomic mass is 32.1. The van der Waals surface area contributed by atoms with E-state index in [9.17, 15) is 4.79 Å². The lowest BCUT2D eigenvalue weighted by atomic mass is 9.80. The number of carbonyl (C=O) groups excluding carboxylic acids is 1. The topological polar surface area (TPSA) is 45.2 Å². The number of aromatic nitrogens is 1. The molecular weight excluding hydrogens is 282 g/mol. The zero-order valence-corrected chi connectivity index (χ0v) is 12.9. The smallest absolute Gasteiger partial charge is 0.261 e. The minimum absolute atomic E-state index is 0.0719. The highest BCUT2D eigenvalue weighted by molar-refractivity contribution is 7.20. The second kappa shape index (κ2) is 5.07. The van der Waals surface area contributed by atoms with Crippen LogP contribution < -0.4 is 5.32 Å². The van der Waals surface area contributed by atoms with Gasteiger partial charge < -0.3 is 5.32 Å². The minimum atomic E-state index is 0.0719. The largest absolute Gasteiger partial charge is 0.347 e. The number of hydrogen-bond donors (Lipinski definition) is 1. The Balaban J connectivity index is 1.51. The molecule has 3 aliphatic heterocycles. The molecule has 1 N–H and O–H groups in total. The number of thiophene rings is 1. The summed E-state index contributed by atoms with van der Waals surface area (Å²) in [5.74, 6) is 0.715. The molecule has 3 saturated heterocycles. The van der Waals surface area contributed by atoms with Crippen molar-refractivity contribution in [3.05, 3.63) is 29.4 Å². The monoisotopic (exact) mass is 301 g/mol. The number of hydrogen-bond acceptors (Lipinski definition) is 4. The average molecular weight is 301 g/mol. The summed E-state index contributed by atoms with van der Waals surface area (Å²) in [4.78, 5) is 19.9. The van der Waals surface area contributed by atoms with Gasteiger partial charge in [-0.25, -0.2) is 0 Å². The molecule has 0 radical (unpaired) electrons. The highest BCUT2D eigenvalue weighted by Crippen LogP contribution is 2.32. The van der Waals surface area contributed by atoms with Gasteiger partial charge in [-0.3, -0.25) is 14.7 Å². The van der Waals surface area contributed by atoms with Gasteiger partial charge in [0.1, 0.15) is 0 Å². The molecule has 5 rings (SSSR count). The lowest BCUT2D eigenvalue weighted by molar-refractivity contribution is 0.0275. The number of nitrogens with one attached hydrogen (secondary N) is 1. The lowest BCUT2D eigenvalue weighted by Crippen LogP contribution is -2.60. The Morgan fingerprint density at radius 2 is 2.43 bits per heavy atom. The van der Waals surface area contributed by atoms with Crippen LogP contribution in [0.1, 0.15) is 29.4 Å². The molecule has 2 aromatic rings. The van der Waals surface area contributed by atoms with Crippen LogP contribution in [0.3, 0.4) is 0 Å². The number of rotatable bonds is 2. The van der Waals surface area contributed by atoms with Gasteiger partial charge in [-0.1, -0.05) is 0 Å². The zero-order chi connectivity index (χ0) is 14.4. The second-order valence-electron chi connectivity index (χ2n) is 6.23. The molecule has 0 saturated carbocycles. The molecule has 3 aliphatic rings. The fourth-order valence-electron chi connectivity index (χ4n) is 3.69. The Morgan fingerprint density at radius 3 is 3.14 bits per heavy atom. The van der Waals surface area contributed by atoms with E-state index >= 15 is 0 Å². The maximum absolute atomic E-state index is 12.5. The molecule has 4 unspecified atom stereocenters. The van der Waals surface area contributed by atoms with E-state index in [2.05, 4.69) is 22.1 Å². The molecule has 21 heavy (non-hydrogen) atoms. The quantitative estimate of drug-likeness (QED) is 0.927. The van der Waals surface area contributed by atoms with Gasteiger partial charge in [-0.15, -0.1) is 11.3 Å². The Labute approximate surface area is 128 Å².